The van der Waals surface area contributed by atoms with Crippen LogP contribution in [-0.2, 0) is 4.79 Å². The number of nitrogens with zero attached hydrogens (tertiary/aromatic N) is 1. The molecule has 0 spiro atoms. The van der Waals surface area contributed by atoms with Gasteiger partial charge in [-0.3, -0.25) is 9.69 Å². The zero-order chi connectivity index (χ0) is 14.0. The third-order valence-electron chi connectivity index (χ3n) is 3.85. The summed E-state index contributed by atoms with van der Waals surface area (Å²) in [6.45, 7) is 3.52. The van der Waals surface area contributed by atoms with E-state index in [4.69, 9.17) is 16.7 Å². The molecule has 0 radical (unpaired) electrons. The first kappa shape index (κ1) is 17.2. The molecule has 1 unspecified atom stereocenters. The van der Waals surface area contributed by atoms with Crippen LogP contribution >= 0.6 is 24.0 Å². The van der Waals surface area contributed by atoms with E-state index < -0.39 is 11.8 Å². The number of hydrogen-bond acceptors (Lipinski definition) is 2. The molecule has 0 aliphatic carbocycles. The lowest BCUT2D eigenvalue weighted by atomic mass is 9.95. The number of benzene rings is 1. The van der Waals surface area contributed by atoms with Crippen LogP contribution in [0.2, 0.25) is 5.02 Å². The van der Waals surface area contributed by atoms with Gasteiger partial charge in [0.2, 0.25) is 0 Å². The highest BCUT2D eigenvalue weighted by molar-refractivity contribution is 6.30. The van der Waals surface area contributed by atoms with Gasteiger partial charge in [0.1, 0.15) is 5.82 Å². The lowest BCUT2D eigenvalue weighted by Crippen LogP contribution is -2.37. The third-order valence-corrected chi connectivity index (χ3v) is 4.14. The quantitative estimate of drug-likeness (QED) is 0.921. The van der Waals surface area contributed by atoms with Crippen molar-refractivity contribution in [3.8, 4) is 0 Å². The normalized spacial score (nSPS) is 18.4. The van der Waals surface area contributed by atoms with E-state index in [1.165, 1.54) is 6.07 Å². The Labute approximate surface area is 129 Å². The number of aliphatic carboxylic acids is 1. The summed E-state index contributed by atoms with van der Waals surface area (Å²) in [5, 5.41) is 9.10. The molecule has 1 aromatic rings. The lowest BCUT2D eigenvalue weighted by Gasteiger charge is -2.35. The second kappa shape index (κ2) is 7.25. The summed E-state index contributed by atoms with van der Waals surface area (Å²) in [7, 11) is 0. The van der Waals surface area contributed by atoms with Gasteiger partial charge in [0.25, 0.3) is 0 Å². The second-order valence-electron chi connectivity index (χ2n) is 5.00. The summed E-state index contributed by atoms with van der Waals surface area (Å²) in [6.07, 6.45) is 1.32. The number of likely N-dealkylation sites (tertiary alicyclic amines) is 1. The number of carboxylic acids is 1. The minimum atomic E-state index is -0.711. The first-order valence-electron chi connectivity index (χ1n) is 6.41. The van der Waals surface area contributed by atoms with E-state index in [-0.39, 0.29) is 29.4 Å². The summed E-state index contributed by atoms with van der Waals surface area (Å²) >= 11 is 5.79. The van der Waals surface area contributed by atoms with Gasteiger partial charge in [0.15, 0.2) is 0 Å². The number of carboxylic acid groups (broad SMARTS) is 1. The average Bonchev–Trinajstić information content (AvgIpc) is 2.41. The predicted molar refractivity (Wildman–Crippen MR) is 79.0 cm³/mol. The molecule has 1 aliphatic rings. The van der Waals surface area contributed by atoms with Gasteiger partial charge in [-0.25, -0.2) is 4.39 Å². The van der Waals surface area contributed by atoms with Crippen molar-refractivity contribution in [2.75, 3.05) is 13.1 Å². The highest BCUT2D eigenvalue weighted by atomic mass is 35.5. The van der Waals surface area contributed by atoms with Crippen LogP contribution in [0.15, 0.2) is 18.2 Å². The predicted octanol–water partition coefficient (Wildman–Crippen LogP) is 3.76. The van der Waals surface area contributed by atoms with Gasteiger partial charge in [0.05, 0.1) is 10.9 Å². The maximum atomic E-state index is 13.1. The molecule has 1 N–H and O–H groups in total. The molecule has 1 saturated heterocycles. The molecule has 0 aromatic heterocycles. The standard InChI is InChI=1S/C14H17ClFNO2.ClH/c1-9(11-2-3-13(16)12(15)8-11)17-6-4-10(5-7-17)14(18)19;/h2-3,8-10H,4-7H2,1H3,(H,18,19);1H. The van der Waals surface area contributed by atoms with Crippen LogP contribution in [-0.4, -0.2) is 29.1 Å². The molecular formula is C14H18Cl2FNO2. The van der Waals surface area contributed by atoms with Gasteiger partial charge in [-0.2, -0.15) is 0 Å². The Hall–Kier alpha value is -0.840. The van der Waals surface area contributed by atoms with Crippen molar-refractivity contribution in [2.24, 2.45) is 5.92 Å². The summed E-state index contributed by atoms with van der Waals surface area (Å²) in [4.78, 5) is 13.1. The average molecular weight is 322 g/mol. The van der Waals surface area contributed by atoms with E-state index in [1.54, 1.807) is 12.1 Å². The number of piperidine rings is 1. The number of carbonyl (C=O) groups is 1. The molecule has 3 nitrogen and oxygen atoms in total. The Bertz CT molecular complexity index is 476. The van der Waals surface area contributed by atoms with Crippen LogP contribution < -0.4 is 0 Å². The van der Waals surface area contributed by atoms with Gasteiger partial charge in [-0.1, -0.05) is 17.7 Å². The van der Waals surface area contributed by atoms with Crippen LogP contribution in [0.4, 0.5) is 4.39 Å². The van der Waals surface area contributed by atoms with Crippen molar-refractivity contribution < 1.29 is 14.3 Å². The number of rotatable bonds is 3. The van der Waals surface area contributed by atoms with Crippen molar-refractivity contribution >= 4 is 30.0 Å². The topological polar surface area (TPSA) is 40.5 Å². The molecular weight excluding hydrogens is 304 g/mol. The van der Waals surface area contributed by atoms with Crippen molar-refractivity contribution in [2.45, 2.75) is 25.8 Å². The number of halogens is 3. The molecule has 1 fully saturated rings. The fourth-order valence-electron chi connectivity index (χ4n) is 2.52. The number of hydrogen-bond donors (Lipinski definition) is 1. The molecule has 0 saturated carbocycles. The molecule has 1 atom stereocenters. The zero-order valence-corrected chi connectivity index (χ0v) is 12.8. The van der Waals surface area contributed by atoms with E-state index in [1.807, 2.05) is 6.92 Å². The fourth-order valence-corrected chi connectivity index (χ4v) is 2.71. The summed E-state index contributed by atoms with van der Waals surface area (Å²) in [6, 6.07) is 4.87. The molecule has 2 rings (SSSR count). The third kappa shape index (κ3) is 3.84. The zero-order valence-electron chi connectivity index (χ0n) is 11.2. The van der Waals surface area contributed by atoms with Crippen LogP contribution in [0.5, 0.6) is 0 Å². The smallest absolute Gasteiger partial charge is 0.306 e. The van der Waals surface area contributed by atoms with Crippen molar-refractivity contribution in [1.29, 1.82) is 0 Å². The molecule has 112 valence electrons. The Kier molecular flexibility index (Phi) is 6.24. The highest BCUT2D eigenvalue weighted by Crippen LogP contribution is 2.28. The minimum absolute atomic E-state index is 0. The lowest BCUT2D eigenvalue weighted by molar-refractivity contribution is -0.143. The molecule has 1 aromatic carbocycles. The van der Waals surface area contributed by atoms with Crippen LogP contribution in [0.3, 0.4) is 0 Å². The van der Waals surface area contributed by atoms with Gasteiger partial charge < -0.3 is 5.11 Å². The van der Waals surface area contributed by atoms with Crippen LogP contribution in [0, 0.1) is 11.7 Å². The summed E-state index contributed by atoms with van der Waals surface area (Å²) < 4.78 is 13.1. The molecule has 6 heteroatoms. The summed E-state index contributed by atoms with van der Waals surface area (Å²) in [5.41, 5.74) is 0.958. The Morgan fingerprint density at radius 3 is 2.55 bits per heavy atom. The first-order chi connectivity index (χ1) is 8.99. The first-order valence-corrected chi connectivity index (χ1v) is 6.78. The molecule has 0 bridgehead atoms. The Morgan fingerprint density at radius 1 is 1.45 bits per heavy atom. The molecule has 1 heterocycles. The van der Waals surface area contributed by atoms with Gasteiger partial charge in [0, 0.05) is 6.04 Å². The largest absolute Gasteiger partial charge is 0.481 e. The fraction of sp³-hybridized carbons (Fsp3) is 0.500. The van der Waals surface area contributed by atoms with Crippen LogP contribution in [0.25, 0.3) is 0 Å². The van der Waals surface area contributed by atoms with E-state index in [2.05, 4.69) is 4.90 Å². The molecule has 20 heavy (non-hydrogen) atoms. The minimum Gasteiger partial charge on any atom is -0.481 e. The van der Waals surface area contributed by atoms with Gasteiger partial charge in [-0.15, -0.1) is 12.4 Å². The van der Waals surface area contributed by atoms with Crippen molar-refractivity contribution in [1.82, 2.24) is 4.90 Å². The maximum absolute atomic E-state index is 13.1. The monoisotopic (exact) mass is 321 g/mol. The second-order valence-corrected chi connectivity index (χ2v) is 5.41. The Balaban J connectivity index is 0.00000200. The van der Waals surface area contributed by atoms with Crippen molar-refractivity contribution in [3.05, 3.63) is 34.6 Å². The van der Waals surface area contributed by atoms with E-state index in [9.17, 15) is 9.18 Å². The highest BCUT2D eigenvalue weighted by Gasteiger charge is 2.27. The van der Waals surface area contributed by atoms with Crippen LogP contribution in [0.1, 0.15) is 31.4 Å². The maximum Gasteiger partial charge on any atom is 0.306 e. The SMILES string of the molecule is CC(c1ccc(F)c(Cl)c1)N1CCC(C(=O)O)CC1.Cl. The van der Waals surface area contributed by atoms with E-state index in [0.29, 0.717) is 12.8 Å². The van der Waals surface area contributed by atoms with E-state index >= 15 is 0 Å². The molecule has 0 amide bonds. The van der Waals surface area contributed by atoms with Gasteiger partial charge >= 0.3 is 5.97 Å². The van der Waals surface area contributed by atoms with E-state index in [0.717, 1.165) is 18.7 Å². The Morgan fingerprint density at radius 2 is 2.05 bits per heavy atom. The van der Waals surface area contributed by atoms with Gasteiger partial charge in [-0.05, 0) is 50.6 Å². The van der Waals surface area contributed by atoms with Crippen molar-refractivity contribution in [3.63, 3.8) is 0 Å². The summed E-state index contributed by atoms with van der Waals surface area (Å²) in [5.74, 6) is -1.36. The molecule has 1 aliphatic heterocycles.